The highest BCUT2D eigenvalue weighted by Crippen LogP contribution is 2.46. The molecule has 0 radical (unpaired) electrons. The SMILES string of the molecule is c1ccc(-c2ccccc2-n2c3ccccc3c3ccccc32)c(-c2ccc(N(c3ccc(-c4ccc5c(ccc6ccccc65)c4)cc3)c3ccccc3-c3cccc4c3oc3ccccc34)cc2)c1. The van der Waals surface area contributed by atoms with Crippen molar-refractivity contribution in [1.29, 1.82) is 0 Å². The number of aromatic nitrogens is 1. The lowest BCUT2D eigenvalue weighted by Crippen LogP contribution is -2.11. The van der Waals surface area contributed by atoms with E-state index in [-0.39, 0.29) is 0 Å². The van der Waals surface area contributed by atoms with Crippen LogP contribution in [-0.4, -0.2) is 4.57 Å². The van der Waals surface area contributed by atoms with Crippen LogP contribution in [0.4, 0.5) is 17.1 Å². The molecule has 3 heteroatoms. The van der Waals surface area contributed by atoms with Gasteiger partial charge < -0.3 is 13.9 Å². The van der Waals surface area contributed by atoms with Crippen LogP contribution < -0.4 is 4.90 Å². The summed E-state index contributed by atoms with van der Waals surface area (Å²) in [5.41, 5.74) is 17.6. The summed E-state index contributed by atoms with van der Waals surface area (Å²) >= 11 is 0. The van der Waals surface area contributed by atoms with Crippen LogP contribution in [0, 0.1) is 0 Å². The molecular formula is C68H44N2O. The molecule has 0 amide bonds. The fraction of sp³-hybridized carbons (Fsp3) is 0. The van der Waals surface area contributed by atoms with Crippen LogP contribution in [0.2, 0.25) is 0 Å². The molecule has 0 aliphatic rings. The minimum absolute atomic E-state index is 0.883. The van der Waals surface area contributed by atoms with Gasteiger partial charge in [-0.25, -0.2) is 0 Å². The van der Waals surface area contributed by atoms with E-state index in [1.807, 2.05) is 6.07 Å². The van der Waals surface area contributed by atoms with Crippen LogP contribution in [0.3, 0.4) is 0 Å². The Hall–Kier alpha value is -9.44. The molecule has 14 aromatic rings. The molecule has 0 unspecified atom stereocenters. The predicted octanol–water partition coefficient (Wildman–Crippen LogP) is 19.1. The van der Waals surface area contributed by atoms with E-state index in [9.17, 15) is 0 Å². The van der Waals surface area contributed by atoms with Crippen molar-refractivity contribution in [1.82, 2.24) is 4.57 Å². The van der Waals surface area contributed by atoms with Crippen molar-refractivity contribution in [2.75, 3.05) is 4.90 Å². The third-order valence-electron chi connectivity index (χ3n) is 14.4. The standard InChI is InChI=1S/C68H44N2O/c1-2-17-52-46(16-1)32-33-49-44-48(38-43-54(49)52)45-34-39-50(40-35-45)69(63-27-10-8-23-59(63)61-25-15-26-62-60-24-9-14-31-67(60)71-68(61)62)51-41-36-47(37-42-51)53-18-3-4-19-55(53)56-20-5-11-28-64(56)70-65-29-12-6-21-57(65)58-22-7-13-30-66(58)70/h1-44H. The monoisotopic (exact) mass is 904 g/mol. The van der Waals surface area contributed by atoms with E-state index in [2.05, 4.69) is 270 Å². The zero-order valence-electron chi connectivity index (χ0n) is 38.7. The number of hydrogen-bond acceptors (Lipinski definition) is 2. The number of benzene rings is 12. The molecule has 0 N–H and O–H groups in total. The maximum atomic E-state index is 6.67. The lowest BCUT2D eigenvalue weighted by atomic mass is 9.93. The third-order valence-corrected chi connectivity index (χ3v) is 14.4. The zero-order valence-corrected chi connectivity index (χ0v) is 38.7. The van der Waals surface area contributed by atoms with Gasteiger partial charge in [0.2, 0.25) is 0 Å². The molecule has 0 aliphatic heterocycles. The van der Waals surface area contributed by atoms with Gasteiger partial charge in [0.05, 0.1) is 22.4 Å². The molecule has 332 valence electrons. The Bertz CT molecular complexity index is 4290. The van der Waals surface area contributed by atoms with E-state index >= 15 is 0 Å². The molecule has 0 fully saturated rings. The minimum atomic E-state index is 0.883. The molecule has 12 aromatic carbocycles. The number of para-hydroxylation sites is 6. The summed E-state index contributed by atoms with van der Waals surface area (Å²) in [6, 6.07) is 96.7. The number of nitrogens with zero attached hydrogens (tertiary/aromatic N) is 2. The van der Waals surface area contributed by atoms with Crippen molar-refractivity contribution >= 4 is 82.4 Å². The third kappa shape index (κ3) is 6.74. The van der Waals surface area contributed by atoms with Crippen LogP contribution in [0.25, 0.3) is 115 Å². The molecule has 71 heavy (non-hydrogen) atoms. The first-order valence-electron chi connectivity index (χ1n) is 24.3. The van der Waals surface area contributed by atoms with Gasteiger partial charge in [-0.3, -0.25) is 0 Å². The Morgan fingerprint density at radius 3 is 1.58 bits per heavy atom. The van der Waals surface area contributed by atoms with Crippen molar-refractivity contribution in [2.45, 2.75) is 0 Å². The smallest absolute Gasteiger partial charge is 0.143 e. The summed E-state index contributed by atoms with van der Waals surface area (Å²) in [6.45, 7) is 0. The van der Waals surface area contributed by atoms with Crippen LogP contribution in [0.1, 0.15) is 0 Å². The van der Waals surface area contributed by atoms with Gasteiger partial charge in [-0.2, -0.15) is 0 Å². The Morgan fingerprint density at radius 2 is 0.817 bits per heavy atom. The van der Waals surface area contributed by atoms with Crippen molar-refractivity contribution in [2.24, 2.45) is 0 Å². The predicted molar refractivity (Wildman–Crippen MR) is 299 cm³/mol. The molecule has 0 saturated carbocycles. The minimum Gasteiger partial charge on any atom is -0.455 e. The second-order valence-electron chi connectivity index (χ2n) is 18.4. The van der Waals surface area contributed by atoms with Crippen molar-refractivity contribution < 1.29 is 4.42 Å². The van der Waals surface area contributed by atoms with Crippen LogP contribution in [-0.2, 0) is 0 Å². The Labute approximate surface area is 411 Å². The zero-order chi connectivity index (χ0) is 46.8. The number of hydrogen-bond donors (Lipinski definition) is 0. The maximum absolute atomic E-state index is 6.67. The van der Waals surface area contributed by atoms with E-state index in [1.54, 1.807) is 0 Å². The molecule has 2 heterocycles. The maximum Gasteiger partial charge on any atom is 0.143 e. The van der Waals surface area contributed by atoms with Gasteiger partial charge in [0.1, 0.15) is 11.2 Å². The first kappa shape index (κ1) is 40.6. The van der Waals surface area contributed by atoms with Gasteiger partial charge >= 0.3 is 0 Å². The van der Waals surface area contributed by atoms with Gasteiger partial charge in [0.25, 0.3) is 0 Å². The van der Waals surface area contributed by atoms with Gasteiger partial charge in [0, 0.05) is 49.6 Å². The fourth-order valence-electron chi connectivity index (χ4n) is 11.1. The van der Waals surface area contributed by atoms with Gasteiger partial charge in [0.15, 0.2) is 0 Å². The number of anilines is 3. The highest BCUT2D eigenvalue weighted by Gasteiger charge is 2.22. The highest BCUT2D eigenvalue weighted by molar-refractivity contribution is 6.12. The molecule has 0 aliphatic carbocycles. The molecule has 0 spiro atoms. The lowest BCUT2D eigenvalue weighted by molar-refractivity contribution is 0.670. The van der Waals surface area contributed by atoms with E-state index in [1.165, 1.54) is 65.6 Å². The summed E-state index contributed by atoms with van der Waals surface area (Å²) in [5.74, 6) is 0. The molecule has 0 bridgehead atoms. The average molecular weight is 905 g/mol. The van der Waals surface area contributed by atoms with Crippen LogP contribution in [0.15, 0.2) is 271 Å². The average Bonchev–Trinajstić information content (AvgIpc) is 4.00. The Morgan fingerprint density at radius 1 is 0.296 bits per heavy atom. The number of furan rings is 1. The fourth-order valence-corrected chi connectivity index (χ4v) is 11.1. The first-order valence-corrected chi connectivity index (χ1v) is 24.3. The summed E-state index contributed by atoms with van der Waals surface area (Å²) in [4.78, 5) is 2.39. The largest absolute Gasteiger partial charge is 0.455 e. The quantitative estimate of drug-likeness (QED) is 0.142. The molecule has 3 nitrogen and oxygen atoms in total. The molecular weight excluding hydrogens is 861 g/mol. The Balaban J connectivity index is 0.897. The molecule has 2 aromatic heterocycles. The van der Waals surface area contributed by atoms with Crippen molar-refractivity contribution in [3.8, 4) is 50.2 Å². The normalized spacial score (nSPS) is 11.7. The second-order valence-corrected chi connectivity index (χ2v) is 18.4. The summed E-state index contributed by atoms with van der Waals surface area (Å²) in [6.07, 6.45) is 0. The summed E-state index contributed by atoms with van der Waals surface area (Å²) in [7, 11) is 0. The second kappa shape index (κ2) is 16.7. The van der Waals surface area contributed by atoms with E-state index in [4.69, 9.17) is 4.42 Å². The topological polar surface area (TPSA) is 21.3 Å². The Kier molecular flexibility index (Phi) is 9.53. The van der Waals surface area contributed by atoms with E-state index in [0.717, 1.165) is 66.9 Å². The lowest BCUT2D eigenvalue weighted by Gasteiger charge is -2.28. The van der Waals surface area contributed by atoms with Crippen molar-refractivity contribution in [3.05, 3.63) is 267 Å². The summed E-state index contributed by atoms with van der Waals surface area (Å²) < 4.78 is 9.09. The van der Waals surface area contributed by atoms with Gasteiger partial charge in [-0.15, -0.1) is 0 Å². The number of rotatable bonds is 8. The summed E-state index contributed by atoms with van der Waals surface area (Å²) in [5, 5.41) is 9.75. The van der Waals surface area contributed by atoms with E-state index in [0.29, 0.717) is 0 Å². The van der Waals surface area contributed by atoms with E-state index < -0.39 is 0 Å². The van der Waals surface area contributed by atoms with Crippen molar-refractivity contribution in [3.63, 3.8) is 0 Å². The van der Waals surface area contributed by atoms with Crippen LogP contribution in [0.5, 0.6) is 0 Å². The molecule has 0 atom stereocenters. The molecule has 14 rings (SSSR count). The molecule has 0 saturated heterocycles. The first-order chi connectivity index (χ1) is 35.2. The van der Waals surface area contributed by atoms with Gasteiger partial charge in [-0.1, -0.05) is 206 Å². The number of fused-ring (bicyclic) bond motifs is 9. The highest BCUT2D eigenvalue weighted by atomic mass is 16.3. The van der Waals surface area contributed by atoms with Crippen LogP contribution >= 0.6 is 0 Å². The van der Waals surface area contributed by atoms with Gasteiger partial charge in [-0.05, 0) is 110 Å².